The fourth-order valence-corrected chi connectivity index (χ4v) is 4.64. The Morgan fingerprint density at radius 2 is 0.674 bits per heavy atom. The van der Waals surface area contributed by atoms with Crippen LogP contribution in [0.5, 0.6) is 0 Å². The van der Waals surface area contributed by atoms with Crippen molar-refractivity contribution in [3.63, 3.8) is 0 Å². The quantitative estimate of drug-likeness (QED) is 0.0898. The van der Waals surface area contributed by atoms with E-state index in [4.69, 9.17) is 0 Å². The Kier molecular flexibility index (Phi) is 9.07. The number of aryl methyl sites for hydroxylation is 1. The van der Waals surface area contributed by atoms with Crippen LogP contribution < -0.4 is 21.0 Å². The van der Waals surface area contributed by atoms with Crippen molar-refractivity contribution >= 4 is 33.5 Å². The molecule has 0 aliphatic rings. The normalized spacial score (nSPS) is 11.6. The largest absolute Gasteiger partial charge is 0.594 e. The summed E-state index contributed by atoms with van der Waals surface area (Å²) in [6, 6.07) is 10.5. The van der Waals surface area contributed by atoms with E-state index in [9.17, 15) is 70.9 Å². The number of halogens is 15. The third kappa shape index (κ3) is 5.19. The molecule has 0 saturated heterocycles. The van der Waals surface area contributed by atoms with Gasteiger partial charge in [0.1, 0.15) is 42.0 Å². The Labute approximate surface area is 246 Å². The Morgan fingerprint density at radius 1 is 0.413 bits per heavy atom. The van der Waals surface area contributed by atoms with Gasteiger partial charge in [-0.25, -0.2) is 70.4 Å². The fourth-order valence-electron chi connectivity index (χ4n) is 4.64. The molecule has 5 rings (SSSR count). The van der Waals surface area contributed by atoms with Crippen molar-refractivity contribution in [3.05, 3.63) is 130 Å². The van der Waals surface area contributed by atoms with Gasteiger partial charge in [0.2, 0.25) is 6.35 Å². The number of rotatable bonds is 3. The number of benzene rings is 4. The second-order valence-electron chi connectivity index (χ2n) is 9.51. The minimum Gasteiger partial charge on any atom is -0.594 e. The van der Waals surface area contributed by atoms with Crippen molar-refractivity contribution < 1.29 is 75.4 Å². The van der Waals surface area contributed by atoms with Crippen molar-refractivity contribution in [3.8, 4) is 0 Å². The van der Waals surface area contributed by atoms with Gasteiger partial charge in [-0.15, -0.1) is 0 Å². The van der Waals surface area contributed by atoms with Gasteiger partial charge in [-0.3, -0.25) is 0 Å². The third-order valence-corrected chi connectivity index (χ3v) is 6.81. The number of pyridine rings is 1. The van der Waals surface area contributed by atoms with Crippen LogP contribution in [0.3, 0.4) is 0 Å². The van der Waals surface area contributed by atoms with Gasteiger partial charge < -0.3 is 5.02 Å². The first-order chi connectivity index (χ1) is 21.4. The van der Waals surface area contributed by atoms with Crippen LogP contribution in [0.25, 0.3) is 10.8 Å². The summed E-state index contributed by atoms with van der Waals surface area (Å²) < 4.78 is 212. The second kappa shape index (κ2) is 12.2. The second-order valence-corrected chi connectivity index (χ2v) is 9.51. The van der Waals surface area contributed by atoms with E-state index in [-0.39, 0.29) is 0 Å². The molecule has 0 spiro atoms. The minimum absolute atomic E-state index is 1.29. The molecule has 4 aromatic carbocycles. The number of fused-ring (bicyclic) bond motifs is 1. The molecule has 0 amide bonds. The Balaban J connectivity index is 0.000000363. The molecule has 2 nitrogen and oxygen atoms in total. The zero-order valence-electron chi connectivity index (χ0n) is 22.2. The highest BCUT2D eigenvalue weighted by atomic mass is 19.2. The standard InChI is InChI=1S/C18HBF15O.C10H10N/c20-4-1(5(21)11(27)16(32)10(4)26)19(35,2-6(22)12(28)17(33)13(29)7(2)23)3-8(24)14(30)18(34)15(31)9(3)25;1-11-7-6-9-4-2-3-5-10(9)8-11/h35H;2-8H,1H3/q-1;+1. The molecule has 18 heteroatoms. The minimum atomic E-state index is -6.41. The molecule has 0 atom stereocenters. The zero-order valence-corrected chi connectivity index (χ0v) is 22.2. The van der Waals surface area contributed by atoms with E-state index >= 15 is 0 Å². The van der Waals surface area contributed by atoms with Crippen LogP contribution in [0.1, 0.15) is 0 Å². The maximum absolute atomic E-state index is 14.5. The lowest BCUT2D eigenvalue weighted by molar-refractivity contribution is -0.670. The predicted molar refractivity (Wildman–Crippen MR) is 131 cm³/mol. The lowest BCUT2D eigenvalue weighted by Gasteiger charge is -2.39. The molecule has 0 aliphatic carbocycles. The number of hydrogen-bond acceptors (Lipinski definition) is 1. The maximum Gasteiger partial charge on any atom is 0.214 e. The van der Waals surface area contributed by atoms with E-state index in [0.29, 0.717) is 0 Å². The number of hydrogen-bond donors (Lipinski definition) is 1. The molecule has 5 aromatic rings. The van der Waals surface area contributed by atoms with Crippen LogP contribution in [0.2, 0.25) is 0 Å². The Morgan fingerprint density at radius 3 is 0.978 bits per heavy atom. The monoisotopic (exact) mass is 673 g/mol. The summed E-state index contributed by atoms with van der Waals surface area (Å²) in [4.78, 5) is 0. The van der Waals surface area contributed by atoms with E-state index in [1.54, 1.807) is 0 Å². The molecule has 46 heavy (non-hydrogen) atoms. The smallest absolute Gasteiger partial charge is 0.214 e. The average Bonchev–Trinajstić information content (AvgIpc) is 3.03. The summed E-state index contributed by atoms with van der Waals surface area (Å²) in [6.45, 7) is 0. The first-order valence-electron chi connectivity index (χ1n) is 12.2. The maximum atomic E-state index is 14.5. The number of nitrogens with zero attached hydrogens (tertiary/aromatic N) is 1. The topological polar surface area (TPSA) is 24.1 Å². The summed E-state index contributed by atoms with van der Waals surface area (Å²) in [5.74, 6) is -47.9. The lowest BCUT2D eigenvalue weighted by atomic mass is 9.28. The molecule has 0 fully saturated rings. The molecule has 0 radical (unpaired) electrons. The van der Waals surface area contributed by atoms with Gasteiger partial charge in [0, 0.05) is 11.5 Å². The van der Waals surface area contributed by atoms with Crippen LogP contribution in [0.15, 0.2) is 42.7 Å². The summed E-state index contributed by atoms with van der Waals surface area (Å²) >= 11 is 0. The predicted octanol–water partition coefficient (Wildman–Crippen LogP) is 5.40. The van der Waals surface area contributed by atoms with Gasteiger partial charge in [-0.05, 0) is 11.5 Å². The van der Waals surface area contributed by atoms with Crippen molar-refractivity contribution in [2.45, 2.75) is 0 Å². The molecule has 1 N–H and O–H groups in total. The van der Waals surface area contributed by atoms with Crippen molar-refractivity contribution in [2.24, 2.45) is 7.05 Å². The van der Waals surface area contributed by atoms with Crippen LogP contribution in [-0.4, -0.2) is 11.4 Å². The van der Waals surface area contributed by atoms with Gasteiger partial charge in [0.05, 0.1) is 0 Å². The van der Waals surface area contributed by atoms with Crippen molar-refractivity contribution in [1.29, 1.82) is 0 Å². The van der Waals surface area contributed by atoms with Crippen LogP contribution in [0, 0.1) is 87.3 Å². The molecular weight excluding hydrogens is 662 g/mol. The van der Waals surface area contributed by atoms with Gasteiger partial charge >= 0.3 is 0 Å². The van der Waals surface area contributed by atoms with Crippen LogP contribution in [0.4, 0.5) is 65.9 Å². The molecule has 0 bridgehead atoms. The Bertz CT molecular complexity index is 1800. The highest BCUT2D eigenvalue weighted by Gasteiger charge is 2.47. The van der Waals surface area contributed by atoms with E-state index < -0.39 is 110 Å². The SMILES string of the molecule is C[n+]1ccc2ccccc2c1.O[B-](c1c(F)c(F)c(F)c(F)c1F)(c1c(F)c(F)c(F)c(F)c1F)c1c(F)c(F)c(F)c(F)c1F. The zero-order chi connectivity index (χ0) is 34.6. The first-order valence-corrected chi connectivity index (χ1v) is 12.2. The molecule has 0 unspecified atom stereocenters. The highest BCUT2D eigenvalue weighted by molar-refractivity contribution is 7.06. The Hall–Kier alpha value is -4.74. The molecular formula is C28H11BF15NO. The summed E-state index contributed by atoms with van der Waals surface area (Å²) in [7, 11) is 2.03. The molecule has 0 aliphatic heterocycles. The molecule has 242 valence electrons. The van der Waals surface area contributed by atoms with Gasteiger partial charge in [-0.2, -0.15) is 0 Å². The molecule has 1 aromatic heterocycles. The van der Waals surface area contributed by atoms with Gasteiger partial charge in [0.15, 0.2) is 64.7 Å². The highest BCUT2D eigenvalue weighted by Crippen LogP contribution is 2.26. The van der Waals surface area contributed by atoms with E-state index in [1.165, 1.54) is 10.8 Å². The summed E-state index contributed by atoms with van der Waals surface area (Å²) in [5, 5.41) is 13.4. The molecule has 1 heterocycles. The van der Waals surface area contributed by atoms with Gasteiger partial charge in [0.25, 0.3) is 0 Å². The fraction of sp³-hybridized carbons (Fsp3) is 0.0357. The van der Waals surface area contributed by atoms with E-state index in [2.05, 4.69) is 47.3 Å². The van der Waals surface area contributed by atoms with Crippen molar-refractivity contribution in [2.75, 3.05) is 0 Å². The summed E-state index contributed by atoms with van der Waals surface area (Å²) in [6.07, 6.45) is -2.23. The first kappa shape index (κ1) is 34.1. The van der Waals surface area contributed by atoms with Crippen LogP contribution in [-0.2, 0) is 7.05 Å². The van der Waals surface area contributed by atoms with Gasteiger partial charge in [-0.1, -0.05) is 34.6 Å². The average molecular weight is 673 g/mol. The van der Waals surface area contributed by atoms with E-state index in [0.717, 1.165) is 0 Å². The summed E-state index contributed by atoms with van der Waals surface area (Å²) in [5.41, 5.74) is -9.23. The van der Waals surface area contributed by atoms with E-state index in [1.807, 2.05) is 7.05 Å². The van der Waals surface area contributed by atoms with Crippen molar-refractivity contribution in [1.82, 2.24) is 0 Å². The third-order valence-electron chi connectivity index (χ3n) is 6.81. The lowest BCUT2D eigenvalue weighted by Crippen LogP contribution is -2.73. The van der Waals surface area contributed by atoms with Crippen LogP contribution >= 0.6 is 0 Å². The molecule has 0 saturated carbocycles. The number of aromatic nitrogens is 1.